The maximum atomic E-state index is 9.55. The van der Waals surface area contributed by atoms with Crippen molar-refractivity contribution in [2.45, 2.75) is 0 Å². The van der Waals surface area contributed by atoms with Crippen molar-refractivity contribution in [2.24, 2.45) is 5.10 Å². The van der Waals surface area contributed by atoms with Crippen molar-refractivity contribution in [3.05, 3.63) is 48.1 Å². The number of hydrogen-bond acceptors (Lipinski definition) is 4. The molecule has 3 N–H and O–H groups in total. The smallest absolute Gasteiger partial charge is 0.328 e. The lowest BCUT2D eigenvalue weighted by Crippen LogP contribution is -1.91. The number of para-hydroxylation sites is 1. The van der Waals surface area contributed by atoms with Crippen molar-refractivity contribution < 1.29 is 19.8 Å². The van der Waals surface area contributed by atoms with Crippen LogP contribution in [0.25, 0.3) is 6.08 Å². The molecule has 1 aromatic carbocycles. The summed E-state index contributed by atoms with van der Waals surface area (Å²) in [5.41, 5.74) is 5.16. The predicted molar refractivity (Wildman–Crippen MR) is 72.0 cm³/mol. The second kappa shape index (κ2) is 7.44. The topological polar surface area (TPSA) is 99.0 Å². The number of nitrogens with one attached hydrogen (secondary N) is 1. The molecule has 0 atom stereocenters. The normalized spacial score (nSPS) is 11.8. The van der Waals surface area contributed by atoms with Crippen molar-refractivity contribution in [1.29, 1.82) is 0 Å². The fourth-order valence-corrected chi connectivity index (χ4v) is 1.18. The molecule has 0 amide bonds. The molecule has 0 aliphatic carbocycles. The van der Waals surface area contributed by atoms with Gasteiger partial charge >= 0.3 is 11.9 Å². The number of carboxylic acids is 2. The number of anilines is 1. The number of hydrazone groups is 1. The lowest BCUT2D eigenvalue weighted by Gasteiger charge is -2.00. The minimum atomic E-state index is -1.26. The molecule has 0 unspecified atom stereocenters. The molecule has 0 aromatic heterocycles. The van der Waals surface area contributed by atoms with Gasteiger partial charge in [0.2, 0.25) is 0 Å². The van der Waals surface area contributed by atoms with E-state index in [1.807, 2.05) is 36.4 Å². The Labute approximate surface area is 109 Å². The molecule has 1 aromatic rings. The van der Waals surface area contributed by atoms with E-state index in [1.54, 1.807) is 6.21 Å². The van der Waals surface area contributed by atoms with Crippen LogP contribution >= 0.6 is 0 Å². The van der Waals surface area contributed by atoms with Crippen LogP contribution in [0.1, 0.15) is 5.56 Å². The SMILES string of the molecule is C1=Cc2ccccc2NN=C1.O=C(O)/C=C/C(=O)O. The number of carboxylic acid groups (broad SMARTS) is 2. The molecule has 0 saturated carbocycles. The van der Waals surface area contributed by atoms with Gasteiger partial charge < -0.3 is 10.2 Å². The van der Waals surface area contributed by atoms with Crippen molar-refractivity contribution in [1.82, 2.24) is 0 Å². The molecule has 0 bridgehead atoms. The van der Waals surface area contributed by atoms with Crippen LogP contribution in [0.3, 0.4) is 0 Å². The van der Waals surface area contributed by atoms with Gasteiger partial charge in [-0.3, -0.25) is 5.43 Å². The Bertz CT molecular complexity index is 531. The summed E-state index contributed by atoms with van der Waals surface area (Å²) < 4.78 is 0. The molecule has 1 aliphatic heterocycles. The van der Waals surface area contributed by atoms with E-state index in [-0.39, 0.29) is 0 Å². The van der Waals surface area contributed by atoms with E-state index in [0.29, 0.717) is 12.2 Å². The van der Waals surface area contributed by atoms with Crippen molar-refractivity contribution in [2.75, 3.05) is 5.43 Å². The molecule has 98 valence electrons. The first-order valence-electron chi connectivity index (χ1n) is 5.28. The molecule has 0 spiro atoms. The molecule has 6 heteroatoms. The van der Waals surface area contributed by atoms with Gasteiger partial charge in [0.15, 0.2) is 0 Å². The first-order chi connectivity index (χ1) is 9.09. The Kier molecular flexibility index (Phi) is 5.55. The standard InChI is InChI=1S/C9H8N2.C4H4O4/c1-2-6-9-8(4-1)5-3-7-10-11-9;5-3(6)1-2-4(7)8/h1-7,11H;1-2H,(H,5,6)(H,7,8)/b;2-1+. The number of carbonyl (C=O) groups is 2. The minimum Gasteiger partial charge on any atom is -0.478 e. The summed E-state index contributed by atoms with van der Waals surface area (Å²) in [5, 5.41) is 19.6. The third kappa shape index (κ3) is 5.83. The molecule has 1 aliphatic rings. The van der Waals surface area contributed by atoms with Crippen LogP contribution in [-0.4, -0.2) is 28.4 Å². The highest BCUT2D eigenvalue weighted by Crippen LogP contribution is 2.17. The van der Waals surface area contributed by atoms with E-state index in [0.717, 1.165) is 5.69 Å². The van der Waals surface area contributed by atoms with Gasteiger partial charge in [-0.2, -0.15) is 5.10 Å². The molecule has 0 fully saturated rings. The van der Waals surface area contributed by atoms with Gasteiger partial charge in [-0.15, -0.1) is 0 Å². The van der Waals surface area contributed by atoms with Gasteiger partial charge in [0.05, 0.1) is 5.69 Å². The fraction of sp³-hybridized carbons (Fsp3) is 0. The first-order valence-corrected chi connectivity index (χ1v) is 5.28. The van der Waals surface area contributed by atoms with Crippen LogP contribution in [0.15, 0.2) is 47.6 Å². The highest BCUT2D eigenvalue weighted by Gasteiger charge is 1.96. The Balaban J connectivity index is 0.000000203. The average Bonchev–Trinajstić information content (AvgIpc) is 2.62. The quantitative estimate of drug-likeness (QED) is 0.704. The van der Waals surface area contributed by atoms with E-state index in [1.165, 1.54) is 5.56 Å². The largest absolute Gasteiger partial charge is 0.478 e. The Morgan fingerprint density at radius 3 is 2.37 bits per heavy atom. The fourth-order valence-electron chi connectivity index (χ4n) is 1.18. The van der Waals surface area contributed by atoms with Crippen molar-refractivity contribution >= 4 is 29.9 Å². The first kappa shape index (κ1) is 14.2. The minimum absolute atomic E-state index is 0.558. The number of allylic oxidation sites excluding steroid dienone is 1. The van der Waals surface area contributed by atoms with Gasteiger partial charge in [0, 0.05) is 18.4 Å². The second-order valence-corrected chi connectivity index (χ2v) is 3.35. The molecule has 19 heavy (non-hydrogen) atoms. The van der Waals surface area contributed by atoms with Crippen LogP contribution in [-0.2, 0) is 9.59 Å². The lowest BCUT2D eigenvalue weighted by molar-refractivity contribution is -0.134. The van der Waals surface area contributed by atoms with Crippen LogP contribution in [0.4, 0.5) is 5.69 Å². The van der Waals surface area contributed by atoms with Crippen LogP contribution < -0.4 is 5.43 Å². The van der Waals surface area contributed by atoms with Gasteiger partial charge in [-0.1, -0.05) is 24.3 Å². The van der Waals surface area contributed by atoms with Crippen LogP contribution in [0.2, 0.25) is 0 Å². The highest BCUT2D eigenvalue weighted by molar-refractivity contribution is 5.89. The molecule has 1 heterocycles. The summed E-state index contributed by atoms with van der Waals surface area (Å²) in [6.45, 7) is 0. The number of aliphatic carboxylic acids is 2. The zero-order valence-corrected chi connectivity index (χ0v) is 9.85. The number of hydrogen-bond donors (Lipinski definition) is 3. The van der Waals surface area contributed by atoms with E-state index in [2.05, 4.69) is 10.5 Å². The summed E-state index contributed by atoms with van der Waals surface area (Å²) >= 11 is 0. The third-order valence-electron chi connectivity index (χ3n) is 1.95. The molecule has 6 nitrogen and oxygen atoms in total. The van der Waals surface area contributed by atoms with E-state index >= 15 is 0 Å². The maximum Gasteiger partial charge on any atom is 0.328 e. The lowest BCUT2D eigenvalue weighted by atomic mass is 10.2. The number of nitrogens with zero attached hydrogens (tertiary/aromatic N) is 1. The summed E-state index contributed by atoms with van der Waals surface area (Å²) in [7, 11) is 0. The van der Waals surface area contributed by atoms with E-state index in [9.17, 15) is 9.59 Å². The molecule has 0 radical (unpaired) electrons. The summed E-state index contributed by atoms with van der Waals surface area (Å²) in [4.78, 5) is 19.1. The monoisotopic (exact) mass is 260 g/mol. The summed E-state index contributed by atoms with van der Waals surface area (Å²) in [6.07, 6.45) is 6.79. The van der Waals surface area contributed by atoms with Gasteiger partial charge in [0.25, 0.3) is 0 Å². The zero-order valence-electron chi connectivity index (χ0n) is 9.85. The highest BCUT2D eigenvalue weighted by atomic mass is 16.4. The Hall–Kier alpha value is -2.89. The third-order valence-corrected chi connectivity index (χ3v) is 1.95. The van der Waals surface area contributed by atoms with Crippen molar-refractivity contribution in [3.8, 4) is 0 Å². The van der Waals surface area contributed by atoms with E-state index in [4.69, 9.17) is 10.2 Å². The Morgan fingerprint density at radius 1 is 1.11 bits per heavy atom. The van der Waals surface area contributed by atoms with Gasteiger partial charge in [-0.25, -0.2) is 9.59 Å². The maximum absolute atomic E-state index is 9.55. The summed E-state index contributed by atoms with van der Waals surface area (Å²) in [6, 6.07) is 8.05. The zero-order chi connectivity index (χ0) is 14.1. The number of benzene rings is 1. The van der Waals surface area contributed by atoms with Gasteiger partial charge in [-0.05, 0) is 17.7 Å². The van der Waals surface area contributed by atoms with Crippen LogP contribution in [0.5, 0.6) is 0 Å². The average molecular weight is 260 g/mol. The van der Waals surface area contributed by atoms with Gasteiger partial charge in [0.1, 0.15) is 0 Å². The number of fused-ring (bicyclic) bond motifs is 1. The molecular weight excluding hydrogens is 248 g/mol. The molecule has 0 saturated heterocycles. The van der Waals surface area contributed by atoms with Crippen molar-refractivity contribution in [3.63, 3.8) is 0 Å². The summed E-state index contributed by atoms with van der Waals surface area (Å²) in [5.74, 6) is -2.51. The van der Waals surface area contributed by atoms with Crippen LogP contribution in [0, 0.1) is 0 Å². The molecule has 2 rings (SSSR count). The predicted octanol–water partition coefficient (Wildman–Crippen LogP) is 1.82. The Morgan fingerprint density at radius 2 is 1.74 bits per heavy atom. The van der Waals surface area contributed by atoms with E-state index < -0.39 is 11.9 Å². The second-order valence-electron chi connectivity index (χ2n) is 3.35. The number of rotatable bonds is 2. The molecular formula is C13H12N2O4.